The summed E-state index contributed by atoms with van der Waals surface area (Å²) in [5.74, 6) is 0.905. The zero-order valence-corrected chi connectivity index (χ0v) is 17.6. The van der Waals surface area contributed by atoms with Crippen LogP contribution < -0.4 is 10.1 Å². The van der Waals surface area contributed by atoms with Crippen LogP contribution in [0.4, 0.5) is 5.69 Å². The highest BCUT2D eigenvalue weighted by atomic mass is 35.5. The van der Waals surface area contributed by atoms with Crippen molar-refractivity contribution in [2.45, 2.75) is 6.54 Å². The van der Waals surface area contributed by atoms with Crippen molar-refractivity contribution >= 4 is 35.4 Å². The van der Waals surface area contributed by atoms with Crippen LogP contribution in [-0.4, -0.2) is 32.1 Å². The summed E-state index contributed by atoms with van der Waals surface area (Å²) in [5.41, 5.74) is 1.40. The van der Waals surface area contributed by atoms with Gasteiger partial charge in [0.15, 0.2) is 5.82 Å². The molecule has 0 fully saturated rings. The molecule has 0 unspecified atom stereocenters. The van der Waals surface area contributed by atoms with Gasteiger partial charge in [-0.25, -0.2) is 9.36 Å². The van der Waals surface area contributed by atoms with Gasteiger partial charge in [0.25, 0.3) is 0 Å². The monoisotopic (exact) mass is 439 g/mol. The molecule has 2 aromatic carbocycles. The third-order valence-electron chi connectivity index (χ3n) is 4.41. The standard InChI is InChI=1S/C21H18ClN5O2S/c1-29-18-7-3-2-6-17(18)23-19(28)14-26-21(30)27(25-12-4-5-13-25)20(24-26)15-8-10-16(22)11-9-15/h2-13H,14H2,1H3,(H,23,28). The molecule has 9 heteroatoms. The Balaban J connectivity index is 1.69. The maximum atomic E-state index is 12.7. The van der Waals surface area contributed by atoms with Crippen LogP contribution in [0.2, 0.25) is 5.02 Å². The Kier molecular flexibility index (Phi) is 5.69. The molecule has 1 amide bonds. The van der Waals surface area contributed by atoms with Crippen molar-refractivity contribution in [1.82, 2.24) is 19.1 Å². The molecular formula is C21H18ClN5O2S. The van der Waals surface area contributed by atoms with Gasteiger partial charge in [0.05, 0.1) is 12.8 Å². The maximum Gasteiger partial charge on any atom is 0.246 e. The molecule has 4 aromatic rings. The van der Waals surface area contributed by atoms with Gasteiger partial charge in [-0.15, -0.1) is 5.10 Å². The van der Waals surface area contributed by atoms with Gasteiger partial charge in [0.1, 0.15) is 12.3 Å². The summed E-state index contributed by atoms with van der Waals surface area (Å²) in [6.45, 7) is -0.0499. The number of aromatic nitrogens is 4. The molecule has 0 saturated heterocycles. The lowest BCUT2D eigenvalue weighted by Gasteiger charge is -2.09. The number of anilines is 1. The summed E-state index contributed by atoms with van der Waals surface area (Å²) in [7, 11) is 1.55. The number of rotatable bonds is 6. The van der Waals surface area contributed by atoms with Crippen molar-refractivity contribution in [3.8, 4) is 17.1 Å². The second-order valence-corrected chi connectivity index (χ2v) is 7.20. The molecule has 4 rings (SSSR count). The number of carbonyl (C=O) groups excluding carboxylic acids is 1. The number of benzene rings is 2. The van der Waals surface area contributed by atoms with Crippen LogP contribution in [0, 0.1) is 4.77 Å². The highest BCUT2D eigenvalue weighted by Crippen LogP contribution is 2.24. The maximum absolute atomic E-state index is 12.7. The minimum absolute atomic E-state index is 0.0499. The lowest BCUT2D eigenvalue weighted by molar-refractivity contribution is -0.116. The number of nitrogens with zero attached hydrogens (tertiary/aromatic N) is 4. The van der Waals surface area contributed by atoms with Crippen molar-refractivity contribution in [1.29, 1.82) is 0 Å². The summed E-state index contributed by atoms with van der Waals surface area (Å²) in [6.07, 6.45) is 3.71. The number of nitrogens with one attached hydrogen (secondary N) is 1. The Hall–Kier alpha value is -3.36. The van der Waals surface area contributed by atoms with Gasteiger partial charge in [-0.05, 0) is 60.7 Å². The summed E-state index contributed by atoms with van der Waals surface area (Å²) in [6, 6.07) is 18.3. The molecule has 0 spiro atoms. The molecule has 0 aliphatic carbocycles. The van der Waals surface area contributed by atoms with E-state index in [0.717, 1.165) is 5.56 Å². The van der Waals surface area contributed by atoms with Crippen molar-refractivity contribution in [2.24, 2.45) is 0 Å². The first-order valence-electron chi connectivity index (χ1n) is 9.09. The van der Waals surface area contributed by atoms with Gasteiger partial charge in [-0.2, -0.15) is 0 Å². The predicted molar refractivity (Wildman–Crippen MR) is 118 cm³/mol. The number of ether oxygens (including phenoxy) is 1. The molecule has 0 aliphatic heterocycles. The number of hydrogen-bond acceptors (Lipinski definition) is 4. The number of para-hydroxylation sites is 2. The van der Waals surface area contributed by atoms with E-state index in [1.54, 1.807) is 36.1 Å². The molecule has 0 aliphatic rings. The van der Waals surface area contributed by atoms with Crippen LogP contribution in [0.3, 0.4) is 0 Å². The lowest BCUT2D eigenvalue weighted by atomic mass is 10.2. The Bertz CT molecular complexity index is 1230. The molecule has 1 N–H and O–H groups in total. The quantitative estimate of drug-likeness (QED) is 0.449. The average Bonchev–Trinajstić information content (AvgIpc) is 3.37. The third kappa shape index (κ3) is 4.00. The summed E-state index contributed by atoms with van der Waals surface area (Å²) in [4.78, 5) is 12.7. The fourth-order valence-corrected chi connectivity index (χ4v) is 3.43. The van der Waals surface area contributed by atoms with Crippen LogP contribution in [0.25, 0.3) is 11.4 Å². The fourth-order valence-electron chi connectivity index (χ4n) is 3.02. The summed E-state index contributed by atoms with van der Waals surface area (Å²) < 4.78 is 10.7. The fraction of sp³-hybridized carbons (Fsp3) is 0.0952. The van der Waals surface area contributed by atoms with Crippen molar-refractivity contribution < 1.29 is 9.53 Å². The predicted octanol–water partition coefficient (Wildman–Crippen LogP) is 4.49. The van der Waals surface area contributed by atoms with Crippen LogP contribution in [0.15, 0.2) is 73.1 Å². The first-order valence-corrected chi connectivity index (χ1v) is 9.88. The Morgan fingerprint density at radius 3 is 2.50 bits per heavy atom. The second kappa shape index (κ2) is 8.56. The summed E-state index contributed by atoms with van der Waals surface area (Å²) >= 11 is 11.7. The Morgan fingerprint density at radius 1 is 1.10 bits per heavy atom. The van der Waals surface area contributed by atoms with E-state index in [1.165, 1.54) is 4.68 Å². The largest absolute Gasteiger partial charge is 0.495 e. The van der Waals surface area contributed by atoms with Gasteiger partial charge in [-0.1, -0.05) is 23.7 Å². The van der Waals surface area contributed by atoms with Crippen LogP contribution in [-0.2, 0) is 11.3 Å². The Morgan fingerprint density at radius 2 is 1.80 bits per heavy atom. The number of amides is 1. The van der Waals surface area contributed by atoms with E-state index in [0.29, 0.717) is 27.1 Å². The van der Waals surface area contributed by atoms with Gasteiger partial charge in [0, 0.05) is 23.0 Å². The van der Waals surface area contributed by atoms with E-state index in [9.17, 15) is 4.79 Å². The number of methoxy groups -OCH3 is 1. The molecule has 0 radical (unpaired) electrons. The van der Waals surface area contributed by atoms with Gasteiger partial charge in [-0.3, -0.25) is 9.47 Å². The zero-order chi connectivity index (χ0) is 21.1. The minimum Gasteiger partial charge on any atom is -0.495 e. The highest BCUT2D eigenvalue weighted by Gasteiger charge is 2.17. The van der Waals surface area contributed by atoms with Gasteiger partial charge >= 0.3 is 0 Å². The van der Waals surface area contributed by atoms with Crippen LogP contribution in [0.5, 0.6) is 5.75 Å². The lowest BCUT2D eigenvalue weighted by Crippen LogP contribution is -2.20. The number of hydrogen-bond donors (Lipinski definition) is 1. The van der Waals surface area contributed by atoms with E-state index in [4.69, 9.17) is 28.6 Å². The van der Waals surface area contributed by atoms with E-state index in [1.807, 2.05) is 53.5 Å². The van der Waals surface area contributed by atoms with Gasteiger partial charge in [0.2, 0.25) is 10.7 Å². The second-order valence-electron chi connectivity index (χ2n) is 6.39. The summed E-state index contributed by atoms with van der Waals surface area (Å²) in [5, 5.41) is 8.08. The molecule has 2 aromatic heterocycles. The Labute approximate surface area is 183 Å². The molecule has 2 heterocycles. The first-order chi connectivity index (χ1) is 14.6. The third-order valence-corrected chi connectivity index (χ3v) is 5.05. The van der Waals surface area contributed by atoms with E-state index in [2.05, 4.69) is 10.4 Å². The number of halogens is 1. The minimum atomic E-state index is -0.268. The topological polar surface area (TPSA) is 66.0 Å². The van der Waals surface area contributed by atoms with Crippen molar-refractivity contribution in [2.75, 3.05) is 12.4 Å². The van der Waals surface area contributed by atoms with Crippen LogP contribution in [0.1, 0.15) is 0 Å². The molecule has 0 saturated carbocycles. The van der Waals surface area contributed by atoms with E-state index < -0.39 is 0 Å². The molecule has 0 bridgehead atoms. The SMILES string of the molecule is COc1ccccc1NC(=O)Cn1nc(-c2ccc(Cl)cc2)n(-n2cccc2)c1=S. The van der Waals surface area contributed by atoms with Gasteiger partial charge < -0.3 is 10.1 Å². The molecule has 7 nitrogen and oxygen atoms in total. The van der Waals surface area contributed by atoms with Crippen molar-refractivity contribution in [3.05, 3.63) is 82.9 Å². The average molecular weight is 440 g/mol. The highest BCUT2D eigenvalue weighted by molar-refractivity contribution is 7.71. The zero-order valence-electron chi connectivity index (χ0n) is 16.0. The van der Waals surface area contributed by atoms with E-state index in [-0.39, 0.29) is 12.5 Å². The van der Waals surface area contributed by atoms with Crippen molar-refractivity contribution in [3.63, 3.8) is 0 Å². The molecule has 0 atom stereocenters. The normalized spacial score (nSPS) is 10.7. The van der Waals surface area contributed by atoms with Crippen LogP contribution >= 0.6 is 23.8 Å². The van der Waals surface area contributed by atoms with E-state index >= 15 is 0 Å². The first kappa shape index (κ1) is 19.9. The molecular weight excluding hydrogens is 422 g/mol. The number of carbonyl (C=O) groups is 1. The molecule has 152 valence electrons. The molecule has 30 heavy (non-hydrogen) atoms. The smallest absolute Gasteiger partial charge is 0.246 e.